The standard InChI is InChI=1S/C18H22N2O2/c1-20(2)14-3-4-17-15(11-14)16(12-19-17)13-5-7-18(8-6-13)21-9-10-22-18/h3-5,11-12,19H,6-10H2,1-2H3. The number of H-pyrrole nitrogens is 1. The summed E-state index contributed by atoms with van der Waals surface area (Å²) in [5.41, 5.74) is 5.12. The molecule has 0 amide bonds. The fraction of sp³-hybridized carbons (Fsp3) is 0.444. The van der Waals surface area contributed by atoms with Gasteiger partial charge in [0.1, 0.15) is 0 Å². The van der Waals surface area contributed by atoms with Gasteiger partial charge >= 0.3 is 0 Å². The van der Waals surface area contributed by atoms with E-state index in [1.54, 1.807) is 0 Å². The highest BCUT2D eigenvalue weighted by Crippen LogP contribution is 2.40. The van der Waals surface area contributed by atoms with Crippen molar-refractivity contribution in [2.75, 3.05) is 32.2 Å². The summed E-state index contributed by atoms with van der Waals surface area (Å²) < 4.78 is 11.6. The minimum atomic E-state index is -0.343. The van der Waals surface area contributed by atoms with E-state index in [1.807, 2.05) is 0 Å². The summed E-state index contributed by atoms with van der Waals surface area (Å²) in [5.74, 6) is -0.343. The molecule has 2 aliphatic rings. The van der Waals surface area contributed by atoms with Crippen molar-refractivity contribution in [3.8, 4) is 0 Å². The van der Waals surface area contributed by atoms with Gasteiger partial charge in [0.05, 0.1) is 13.2 Å². The lowest BCUT2D eigenvalue weighted by Gasteiger charge is -2.30. The molecule has 1 aliphatic carbocycles. The second-order valence-corrected chi connectivity index (χ2v) is 6.37. The first kappa shape index (κ1) is 13.9. The van der Waals surface area contributed by atoms with Crippen LogP contribution in [0.3, 0.4) is 0 Å². The van der Waals surface area contributed by atoms with Gasteiger partial charge in [0.25, 0.3) is 0 Å². The number of fused-ring (bicyclic) bond motifs is 1. The Labute approximate surface area is 130 Å². The van der Waals surface area contributed by atoms with E-state index in [9.17, 15) is 0 Å². The van der Waals surface area contributed by atoms with Crippen LogP contribution in [0.25, 0.3) is 16.5 Å². The van der Waals surface area contributed by atoms with E-state index >= 15 is 0 Å². The van der Waals surface area contributed by atoms with Gasteiger partial charge in [-0.15, -0.1) is 0 Å². The van der Waals surface area contributed by atoms with Gasteiger partial charge in [-0.2, -0.15) is 0 Å². The molecule has 4 rings (SSSR count). The van der Waals surface area contributed by atoms with E-state index in [1.165, 1.54) is 27.7 Å². The van der Waals surface area contributed by atoms with Gasteiger partial charge < -0.3 is 19.4 Å². The van der Waals surface area contributed by atoms with Gasteiger partial charge in [-0.3, -0.25) is 0 Å². The summed E-state index contributed by atoms with van der Waals surface area (Å²) in [6.07, 6.45) is 7.21. The second-order valence-electron chi connectivity index (χ2n) is 6.37. The average molecular weight is 298 g/mol. The molecular formula is C18H22N2O2. The number of allylic oxidation sites excluding steroid dienone is 1. The normalized spacial score (nSPS) is 20.5. The van der Waals surface area contributed by atoms with Crippen molar-refractivity contribution in [1.82, 2.24) is 4.98 Å². The summed E-state index contributed by atoms with van der Waals surface area (Å²) >= 11 is 0. The molecule has 0 unspecified atom stereocenters. The van der Waals surface area contributed by atoms with Crippen LogP contribution in [-0.2, 0) is 9.47 Å². The molecule has 2 aromatic rings. The monoisotopic (exact) mass is 298 g/mol. The molecular weight excluding hydrogens is 276 g/mol. The molecule has 116 valence electrons. The molecule has 1 aromatic heterocycles. The summed E-state index contributed by atoms with van der Waals surface area (Å²) in [7, 11) is 4.15. The lowest BCUT2D eigenvalue weighted by atomic mass is 9.89. The Morgan fingerprint density at radius 3 is 2.68 bits per heavy atom. The van der Waals surface area contributed by atoms with Crippen LogP contribution in [0.4, 0.5) is 5.69 Å². The highest BCUT2D eigenvalue weighted by molar-refractivity contribution is 5.94. The van der Waals surface area contributed by atoms with Crippen molar-refractivity contribution in [2.24, 2.45) is 0 Å². The Morgan fingerprint density at radius 1 is 1.18 bits per heavy atom. The number of aromatic amines is 1. The fourth-order valence-corrected chi connectivity index (χ4v) is 3.46. The molecule has 1 aliphatic heterocycles. The smallest absolute Gasteiger partial charge is 0.172 e. The van der Waals surface area contributed by atoms with Gasteiger partial charge in [0.15, 0.2) is 5.79 Å². The maximum Gasteiger partial charge on any atom is 0.172 e. The maximum atomic E-state index is 5.80. The van der Waals surface area contributed by atoms with Crippen LogP contribution in [0.1, 0.15) is 24.8 Å². The van der Waals surface area contributed by atoms with Crippen LogP contribution in [0.2, 0.25) is 0 Å². The van der Waals surface area contributed by atoms with Crippen LogP contribution in [0.5, 0.6) is 0 Å². The molecule has 2 heterocycles. The molecule has 1 fully saturated rings. The van der Waals surface area contributed by atoms with Crippen LogP contribution in [0, 0.1) is 0 Å². The molecule has 4 nitrogen and oxygen atoms in total. The van der Waals surface area contributed by atoms with E-state index in [0.717, 1.165) is 32.5 Å². The molecule has 1 saturated heterocycles. The Hall–Kier alpha value is -1.78. The van der Waals surface area contributed by atoms with E-state index in [-0.39, 0.29) is 5.79 Å². The zero-order chi connectivity index (χ0) is 15.2. The number of nitrogens with zero attached hydrogens (tertiary/aromatic N) is 1. The zero-order valence-corrected chi connectivity index (χ0v) is 13.2. The van der Waals surface area contributed by atoms with E-state index < -0.39 is 0 Å². The quantitative estimate of drug-likeness (QED) is 0.921. The topological polar surface area (TPSA) is 37.5 Å². The van der Waals surface area contributed by atoms with Crippen LogP contribution >= 0.6 is 0 Å². The highest BCUT2D eigenvalue weighted by Gasteiger charge is 2.37. The maximum absolute atomic E-state index is 5.80. The van der Waals surface area contributed by atoms with Gasteiger partial charge in [-0.05, 0) is 30.2 Å². The van der Waals surface area contributed by atoms with Crippen LogP contribution in [0.15, 0.2) is 30.5 Å². The Bertz CT molecular complexity index is 724. The van der Waals surface area contributed by atoms with Crippen LogP contribution in [-0.4, -0.2) is 38.1 Å². The number of nitrogens with one attached hydrogen (secondary N) is 1. The summed E-state index contributed by atoms with van der Waals surface area (Å²) in [5, 5.41) is 1.29. The third kappa shape index (κ3) is 2.23. The van der Waals surface area contributed by atoms with E-state index in [2.05, 4.69) is 54.5 Å². The van der Waals surface area contributed by atoms with Crippen molar-refractivity contribution in [1.29, 1.82) is 0 Å². The number of aromatic nitrogens is 1. The molecule has 22 heavy (non-hydrogen) atoms. The largest absolute Gasteiger partial charge is 0.378 e. The van der Waals surface area contributed by atoms with Gasteiger partial charge in [0.2, 0.25) is 0 Å². The summed E-state index contributed by atoms with van der Waals surface area (Å²) in [4.78, 5) is 5.53. The first-order valence-corrected chi connectivity index (χ1v) is 7.93. The van der Waals surface area contributed by atoms with Crippen molar-refractivity contribution in [3.05, 3.63) is 36.0 Å². The molecule has 0 saturated carbocycles. The third-order valence-corrected chi connectivity index (χ3v) is 4.78. The predicted octanol–water partition coefficient (Wildman–Crippen LogP) is 3.54. The number of rotatable bonds is 2. The minimum Gasteiger partial charge on any atom is -0.378 e. The molecule has 0 atom stereocenters. The number of hydrogen-bond donors (Lipinski definition) is 1. The highest BCUT2D eigenvalue weighted by atomic mass is 16.7. The Morgan fingerprint density at radius 2 is 2.00 bits per heavy atom. The first-order valence-electron chi connectivity index (χ1n) is 7.93. The Balaban J connectivity index is 1.69. The number of benzene rings is 1. The summed E-state index contributed by atoms with van der Waals surface area (Å²) in [6.45, 7) is 1.45. The van der Waals surface area contributed by atoms with Gasteiger partial charge in [-0.1, -0.05) is 6.08 Å². The zero-order valence-electron chi connectivity index (χ0n) is 13.2. The van der Waals surface area contributed by atoms with Crippen molar-refractivity contribution >= 4 is 22.2 Å². The third-order valence-electron chi connectivity index (χ3n) is 4.78. The molecule has 1 N–H and O–H groups in total. The van der Waals surface area contributed by atoms with Crippen molar-refractivity contribution < 1.29 is 9.47 Å². The fourth-order valence-electron chi connectivity index (χ4n) is 3.46. The molecule has 0 bridgehead atoms. The predicted molar refractivity (Wildman–Crippen MR) is 89.1 cm³/mol. The summed E-state index contributed by atoms with van der Waals surface area (Å²) in [6, 6.07) is 6.56. The van der Waals surface area contributed by atoms with Crippen molar-refractivity contribution in [3.63, 3.8) is 0 Å². The minimum absolute atomic E-state index is 0.343. The van der Waals surface area contributed by atoms with E-state index in [0.29, 0.717) is 0 Å². The average Bonchev–Trinajstić information content (AvgIpc) is 3.15. The lowest BCUT2D eigenvalue weighted by molar-refractivity contribution is -0.159. The first-order chi connectivity index (χ1) is 10.7. The van der Waals surface area contributed by atoms with Crippen LogP contribution < -0.4 is 4.90 Å². The molecule has 4 heteroatoms. The van der Waals surface area contributed by atoms with Gasteiger partial charge in [-0.25, -0.2) is 0 Å². The SMILES string of the molecule is CN(C)c1ccc2[nH]cc(C3=CCC4(CC3)OCCO4)c2c1. The number of ether oxygens (including phenoxy) is 2. The molecule has 1 spiro atoms. The molecule has 1 aromatic carbocycles. The van der Waals surface area contributed by atoms with E-state index in [4.69, 9.17) is 9.47 Å². The molecule has 0 radical (unpaired) electrons. The van der Waals surface area contributed by atoms with Crippen molar-refractivity contribution in [2.45, 2.75) is 25.0 Å². The van der Waals surface area contributed by atoms with Gasteiger partial charge in [0, 0.05) is 55.3 Å². The number of anilines is 1. The second kappa shape index (κ2) is 5.14. The number of hydrogen-bond acceptors (Lipinski definition) is 3. The Kier molecular flexibility index (Phi) is 3.24. The lowest BCUT2D eigenvalue weighted by Crippen LogP contribution is -2.31.